The highest BCUT2D eigenvalue weighted by Gasteiger charge is 2.14. The molecule has 1 aromatic rings. The van der Waals surface area contributed by atoms with Gasteiger partial charge in [-0.25, -0.2) is 0 Å². The fourth-order valence-corrected chi connectivity index (χ4v) is 2.41. The predicted molar refractivity (Wildman–Crippen MR) is 81.1 cm³/mol. The predicted octanol–water partition coefficient (Wildman–Crippen LogP) is 2.77. The summed E-state index contributed by atoms with van der Waals surface area (Å²) in [6, 6.07) is 6.69. The number of aliphatic hydroxyl groups excluding tert-OH is 1. The lowest BCUT2D eigenvalue weighted by Gasteiger charge is -2.30. The largest absolute Gasteiger partial charge is 0.395 e. The van der Waals surface area contributed by atoms with Crippen LogP contribution in [0.15, 0.2) is 22.7 Å². The summed E-state index contributed by atoms with van der Waals surface area (Å²) in [5, 5.41) is 12.6. The molecule has 0 amide bonds. The summed E-state index contributed by atoms with van der Waals surface area (Å²) < 4.78 is 1.09. The molecule has 0 aliphatic heterocycles. The van der Waals surface area contributed by atoms with Crippen LogP contribution in [0.4, 0.5) is 5.69 Å². The van der Waals surface area contributed by atoms with Crippen LogP contribution < -0.4 is 10.2 Å². The van der Waals surface area contributed by atoms with Gasteiger partial charge in [-0.15, -0.1) is 0 Å². The monoisotopic (exact) mass is 314 g/mol. The topological polar surface area (TPSA) is 35.5 Å². The van der Waals surface area contributed by atoms with E-state index in [-0.39, 0.29) is 6.61 Å². The van der Waals surface area contributed by atoms with Crippen molar-refractivity contribution in [2.24, 2.45) is 0 Å². The molecule has 0 unspecified atom stereocenters. The van der Waals surface area contributed by atoms with E-state index in [1.165, 1.54) is 11.3 Å². The van der Waals surface area contributed by atoms with E-state index in [1.54, 1.807) is 0 Å². The zero-order valence-corrected chi connectivity index (χ0v) is 13.0. The van der Waals surface area contributed by atoms with Crippen LogP contribution in [0.2, 0.25) is 0 Å². The van der Waals surface area contributed by atoms with Gasteiger partial charge in [-0.1, -0.05) is 22.9 Å². The van der Waals surface area contributed by atoms with E-state index in [0.29, 0.717) is 12.6 Å². The van der Waals surface area contributed by atoms with Crippen molar-refractivity contribution in [2.75, 3.05) is 24.6 Å². The molecule has 0 bridgehead atoms. The van der Waals surface area contributed by atoms with Crippen molar-refractivity contribution in [1.29, 1.82) is 0 Å². The molecule has 0 spiro atoms. The lowest BCUT2D eigenvalue weighted by Crippen LogP contribution is -2.34. The molecule has 0 aliphatic carbocycles. The molecular weight excluding hydrogens is 292 g/mol. The average Bonchev–Trinajstić information content (AvgIpc) is 2.34. The lowest BCUT2D eigenvalue weighted by atomic mass is 10.1. The van der Waals surface area contributed by atoms with Gasteiger partial charge in [0.25, 0.3) is 0 Å². The summed E-state index contributed by atoms with van der Waals surface area (Å²) in [5.74, 6) is 0. The molecule has 1 aromatic carbocycles. The third-order valence-electron chi connectivity index (χ3n) is 2.88. The number of halogens is 1. The number of nitrogens with zero attached hydrogens (tertiary/aromatic N) is 1. The highest BCUT2D eigenvalue weighted by atomic mass is 79.9. The van der Waals surface area contributed by atoms with Crippen LogP contribution in [0.25, 0.3) is 0 Å². The van der Waals surface area contributed by atoms with E-state index < -0.39 is 0 Å². The Labute approximate surface area is 118 Å². The Morgan fingerprint density at radius 3 is 2.67 bits per heavy atom. The zero-order chi connectivity index (χ0) is 13.5. The number of anilines is 1. The van der Waals surface area contributed by atoms with Gasteiger partial charge < -0.3 is 15.3 Å². The lowest BCUT2D eigenvalue weighted by molar-refractivity contribution is 0.299. The molecule has 2 N–H and O–H groups in total. The standard InChI is InChI=1S/C14H23BrN2O/c1-4-16-10-12-9-13(15)5-6-14(12)17(7-8-18)11(2)3/h5-6,9,11,16,18H,4,7-8,10H2,1-3H3. The zero-order valence-electron chi connectivity index (χ0n) is 11.4. The number of benzene rings is 1. The first-order chi connectivity index (χ1) is 8.60. The summed E-state index contributed by atoms with van der Waals surface area (Å²) >= 11 is 3.52. The van der Waals surface area contributed by atoms with E-state index in [9.17, 15) is 5.11 Å². The number of hydrogen-bond donors (Lipinski definition) is 2. The van der Waals surface area contributed by atoms with Gasteiger partial charge in [0.15, 0.2) is 0 Å². The smallest absolute Gasteiger partial charge is 0.0606 e. The molecule has 0 aromatic heterocycles. The summed E-state index contributed by atoms with van der Waals surface area (Å²) in [5.41, 5.74) is 2.46. The van der Waals surface area contributed by atoms with Crippen LogP contribution in [0, 0.1) is 0 Å². The Hall–Kier alpha value is -0.580. The van der Waals surface area contributed by atoms with E-state index in [4.69, 9.17) is 0 Å². The first-order valence-electron chi connectivity index (χ1n) is 6.46. The normalized spacial score (nSPS) is 11.0. The van der Waals surface area contributed by atoms with Crippen LogP contribution in [-0.4, -0.2) is 30.8 Å². The number of rotatable bonds is 7. The molecule has 102 valence electrons. The van der Waals surface area contributed by atoms with Crippen molar-refractivity contribution < 1.29 is 5.11 Å². The number of aliphatic hydroxyl groups is 1. The van der Waals surface area contributed by atoms with E-state index >= 15 is 0 Å². The second-order valence-corrected chi connectivity index (χ2v) is 5.48. The fourth-order valence-electron chi connectivity index (χ4n) is 2.00. The summed E-state index contributed by atoms with van der Waals surface area (Å²) in [4.78, 5) is 2.24. The van der Waals surface area contributed by atoms with Crippen LogP contribution in [-0.2, 0) is 6.54 Å². The number of hydrogen-bond acceptors (Lipinski definition) is 3. The van der Waals surface area contributed by atoms with Crippen molar-refractivity contribution in [2.45, 2.75) is 33.4 Å². The summed E-state index contributed by atoms with van der Waals surface area (Å²) in [6.07, 6.45) is 0. The molecule has 0 saturated carbocycles. The minimum absolute atomic E-state index is 0.175. The van der Waals surface area contributed by atoms with Crippen LogP contribution in [0.1, 0.15) is 26.3 Å². The molecule has 0 radical (unpaired) electrons. The molecule has 18 heavy (non-hydrogen) atoms. The molecule has 0 saturated heterocycles. The SMILES string of the molecule is CCNCc1cc(Br)ccc1N(CCO)C(C)C. The van der Waals surface area contributed by atoms with Crippen molar-refractivity contribution in [3.8, 4) is 0 Å². The maximum atomic E-state index is 9.20. The van der Waals surface area contributed by atoms with Crippen molar-refractivity contribution in [1.82, 2.24) is 5.32 Å². The summed E-state index contributed by atoms with van der Waals surface area (Å²) in [7, 11) is 0. The highest BCUT2D eigenvalue weighted by molar-refractivity contribution is 9.10. The second kappa shape index (κ2) is 7.77. The van der Waals surface area contributed by atoms with Gasteiger partial charge in [-0.3, -0.25) is 0 Å². The Bertz CT molecular complexity index is 369. The van der Waals surface area contributed by atoms with E-state index in [1.807, 2.05) is 0 Å². The van der Waals surface area contributed by atoms with Crippen molar-refractivity contribution in [3.63, 3.8) is 0 Å². The van der Waals surface area contributed by atoms with Crippen LogP contribution in [0.5, 0.6) is 0 Å². The van der Waals surface area contributed by atoms with Gasteiger partial charge in [0.1, 0.15) is 0 Å². The van der Waals surface area contributed by atoms with Crippen molar-refractivity contribution in [3.05, 3.63) is 28.2 Å². The molecule has 0 atom stereocenters. The molecule has 1 rings (SSSR count). The fraction of sp³-hybridized carbons (Fsp3) is 0.571. The third-order valence-corrected chi connectivity index (χ3v) is 3.37. The van der Waals surface area contributed by atoms with Gasteiger partial charge in [0.05, 0.1) is 6.61 Å². The molecular formula is C14H23BrN2O. The van der Waals surface area contributed by atoms with E-state index in [2.05, 4.69) is 65.1 Å². The second-order valence-electron chi connectivity index (χ2n) is 4.56. The van der Waals surface area contributed by atoms with Gasteiger partial charge in [-0.2, -0.15) is 0 Å². The quantitative estimate of drug-likeness (QED) is 0.812. The number of nitrogens with one attached hydrogen (secondary N) is 1. The Morgan fingerprint density at radius 1 is 1.39 bits per heavy atom. The summed E-state index contributed by atoms with van der Waals surface area (Å²) in [6.45, 7) is 9.04. The molecule has 3 nitrogen and oxygen atoms in total. The Morgan fingerprint density at radius 2 is 2.11 bits per heavy atom. The van der Waals surface area contributed by atoms with Crippen LogP contribution >= 0.6 is 15.9 Å². The maximum absolute atomic E-state index is 9.20. The molecule has 4 heteroatoms. The average molecular weight is 315 g/mol. The van der Waals surface area contributed by atoms with Gasteiger partial charge in [-0.05, 0) is 44.2 Å². The van der Waals surface area contributed by atoms with Gasteiger partial charge >= 0.3 is 0 Å². The Balaban J connectivity index is 3.03. The van der Waals surface area contributed by atoms with Gasteiger partial charge in [0, 0.05) is 29.3 Å². The molecule has 0 aliphatic rings. The maximum Gasteiger partial charge on any atom is 0.0606 e. The minimum atomic E-state index is 0.175. The minimum Gasteiger partial charge on any atom is -0.395 e. The first-order valence-corrected chi connectivity index (χ1v) is 7.26. The third kappa shape index (κ3) is 4.26. The van der Waals surface area contributed by atoms with E-state index in [0.717, 1.165) is 17.6 Å². The first kappa shape index (κ1) is 15.5. The Kier molecular flexibility index (Phi) is 6.68. The molecule has 0 heterocycles. The molecule has 0 fully saturated rings. The van der Waals surface area contributed by atoms with Crippen molar-refractivity contribution >= 4 is 21.6 Å². The highest BCUT2D eigenvalue weighted by Crippen LogP contribution is 2.26. The van der Waals surface area contributed by atoms with Crippen LogP contribution in [0.3, 0.4) is 0 Å². The van der Waals surface area contributed by atoms with Gasteiger partial charge in [0.2, 0.25) is 0 Å².